The third-order valence-electron chi connectivity index (χ3n) is 4.45. The molecule has 8 heteroatoms. The Balaban J connectivity index is 2.47. The van der Waals surface area contributed by atoms with E-state index in [0.717, 1.165) is 0 Å². The molecule has 0 unspecified atom stereocenters. The second-order valence-corrected chi connectivity index (χ2v) is 6.49. The van der Waals surface area contributed by atoms with E-state index in [0.29, 0.717) is 11.4 Å². The number of rotatable bonds is 4. The Morgan fingerprint density at radius 1 is 0.893 bits per heavy atom. The van der Waals surface area contributed by atoms with Gasteiger partial charge in [-0.15, -0.1) is 0 Å². The summed E-state index contributed by atoms with van der Waals surface area (Å²) in [7, 11) is 0. The molecule has 0 atom stereocenters. The second kappa shape index (κ2) is 7.07. The van der Waals surface area contributed by atoms with Gasteiger partial charge in [0.2, 0.25) is 0 Å². The Labute approximate surface area is 158 Å². The van der Waals surface area contributed by atoms with Gasteiger partial charge in [-0.05, 0) is 37.6 Å². The van der Waals surface area contributed by atoms with Crippen molar-refractivity contribution in [1.82, 2.24) is 9.97 Å². The number of hydrogen-bond acceptors (Lipinski definition) is 5. The van der Waals surface area contributed by atoms with Crippen molar-refractivity contribution in [1.29, 1.82) is 0 Å². The lowest BCUT2D eigenvalue weighted by Gasteiger charge is -2.21. The van der Waals surface area contributed by atoms with E-state index in [1.54, 1.807) is 19.9 Å². The monoisotopic (exact) mass is 382 g/mol. The van der Waals surface area contributed by atoms with Crippen LogP contribution in [0.25, 0.3) is 0 Å². The van der Waals surface area contributed by atoms with Gasteiger partial charge in [-0.25, -0.2) is 4.79 Å². The molecule has 0 aliphatic rings. The number of aryl methyl sites for hydroxylation is 2. The summed E-state index contributed by atoms with van der Waals surface area (Å²) < 4.78 is 0. The minimum atomic E-state index is -1.30. The summed E-state index contributed by atoms with van der Waals surface area (Å²) in [4.78, 5) is 42.1. The van der Waals surface area contributed by atoms with Gasteiger partial charge < -0.3 is 25.3 Å². The van der Waals surface area contributed by atoms with E-state index < -0.39 is 34.5 Å². The van der Waals surface area contributed by atoms with Gasteiger partial charge in [0.25, 0.3) is 11.1 Å². The summed E-state index contributed by atoms with van der Waals surface area (Å²) in [6.45, 7) is 3.14. The first-order valence-corrected chi connectivity index (χ1v) is 8.38. The van der Waals surface area contributed by atoms with Crippen molar-refractivity contribution in [3.8, 4) is 11.5 Å². The van der Waals surface area contributed by atoms with Crippen LogP contribution in [0.3, 0.4) is 0 Å². The highest BCUT2D eigenvalue weighted by Gasteiger charge is 2.31. The zero-order valence-electron chi connectivity index (χ0n) is 15.1. The maximum atomic E-state index is 12.7. The van der Waals surface area contributed by atoms with Crippen LogP contribution < -0.4 is 11.1 Å². The second-order valence-electron chi connectivity index (χ2n) is 6.49. The summed E-state index contributed by atoms with van der Waals surface area (Å²) >= 11 is 0. The minimum Gasteiger partial charge on any atom is -0.507 e. The Kier molecular flexibility index (Phi) is 4.79. The topological polar surface area (TPSA) is 143 Å². The smallest absolute Gasteiger partial charge is 0.335 e. The highest BCUT2D eigenvalue weighted by atomic mass is 16.4. The quantitative estimate of drug-likeness (QED) is 0.467. The van der Waals surface area contributed by atoms with Crippen LogP contribution in [-0.4, -0.2) is 31.3 Å². The van der Waals surface area contributed by atoms with Crippen molar-refractivity contribution in [2.75, 3.05) is 0 Å². The lowest BCUT2D eigenvalue weighted by molar-refractivity contribution is 0.0695. The zero-order valence-corrected chi connectivity index (χ0v) is 15.1. The van der Waals surface area contributed by atoms with Gasteiger partial charge in [-0.1, -0.05) is 18.2 Å². The molecular weight excluding hydrogens is 364 g/mol. The van der Waals surface area contributed by atoms with Crippen molar-refractivity contribution < 1.29 is 20.1 Å². The molecule has 0 aliphatic carbocycles. The summed E-state index contributed by atoms with van der Waals surface area (Å²) in [5.74, 6) is -3.40. The average Bonchev–Trinajstić information content (AvgIpc) is 2.58. The van der Waals surface area contributed by atoms with Crippen molar-refractivity contribution >= 4 is 5.97 Å². The van der Waals surface area contributed by atoms with Gasteiger partial charge >= 0.3 is 5.97 Å². The fourth-order valence-electron chi connectivity index (χ4n) is 3.32. The third-order valence-corrected chi connectivity index (χ3v) is 4.45. The molecule has 0 spiro atoms. The Bertz CT molecular complexity index is 1130. The summed E-state index contributed by atoms with van der Waals surface area (Å²) in [6.07, 6.45) is 0. The van der Waals surface area contributed by atoms with Crippen LogP contribution in [-0.2, 0) is 0 Å². The largest absolute Gasteiger partial charge is 0.507 e. The van der Waals surface area contributed by atoms with Gasteiger partial charge in [0.05, 0.1) is 22.6 Å². The first-order chi connectivity index (χ1) is 13.2. The molecule has 28 heavy (non-hydrogen) atoms. The summed E-state index contributed by atoms with van der Waals surface area (Å²) in [5.41, 5.74) is -1.15. The lowest BCUT2D eigenvalue weighted by Crippen LogP contribution is -2.26. The van der Waals surface area contributed by atoms with E-state index in [4.69, 9.17) is 0 Å². The normalized spacial score (nSPS) is 11.0. The SMILES string of the molecule is Cc1cc(O)c(C(c2ccccc2C(=O)O)c2c(O)cc(C)[nH]c2=O)c(=O)[nH]1. The third kappa shape index (κ3) is 3.27. The number of nitrogens with one attached hydrogen (secondary N) is 2. The number of hydrogen-bond donors (Lipinski definition) is 5. The van der Waals surface area contributed by atoms with E-state index >= 15 is 0 Å². The molecule has 8 nitrogen and oxygen atoms in total. The number of aromatic amines is 2. The predicted molar refractivity (Wildman–Crippen MR) is 101 cm³/mol. The highest BCUT2D eigenvalue weighted by molar-refractivity contribution is 5.90. The molecule has 144 valence electrons. The first-order valence-electron chi connectivity index (χ1n) is 8.38. The van der Waals surface area contributed by atoms with Crippen LogP contribution in [0.1, 0.15) is 44.4 Å². The molecule has 0 amide bonds. The van der Waals surface area contributed by atoms with Crippen molar-refractivity contribution in [2.45, 2.75) is 19.8 Å². The number of H-pyrrole nitrogens is 2. The Hall–Kier alpha value is -3.81. The standard InChI is InChI=1S/C20H18N2O6/c1-9-7-13(23)16(18(25)21-9)15(11-5-3-4-6-12(11)20(27)28)17-14(24)8-10(2)22-19(17)26/h3-8,15H,1-2H3,(H,27,28)(H2,21,23,25)(H2,22,24,26). The predicted octanol–water partition coefficient (Wildman–Crippen LogP) is 1.97. The molecule has 0 radical (unpaired) electrons. The average molecular weight is 382 g/mol. The molecule has 0 bridgehead atoms. The summed E-state index contributed by atoms with van der Waals surface area (Å²) in [5, 5.41) is 30.5. The number of carboxylic acid groups (broad SMARTS) is 1. The number of aromatic nitrogens is 2. The highest BCUT2D eigenvalue weighted by Crippen LogP contribution is 2.38. The molecule has 3 aromatic rings. The van der Waals surface area contributed by atoms with E-state index in [9.17, 15) is 29.7 Å². The molecule has 2 heterocycles. The number of aromatic carboxylic acids is 1. The zero-order chi connectivity index (χ0) is 20.6. The number of benzene rings is 1. The number of pyridine rings is 2. The van der Waals surface area contributed by atoms with E-state index in [1.807, 2.05) is 0 Å². The molecule has 2 aromatic heterocycles. The molecule has 5 N–H and O–H groups in total. The van der Waals surface area contributed by atoms with Gasteiger partial charge in [0.15, 0.2) is 0 Å². The van der Waals surface area contributed by atoms with Gasteiger partial charge in [-0.2, -0.15) is 0 Å². The van der Waals surface area contributed by atoms with E-state index in [2.05, 4.69) is 9.97 Å². The maximum absolute atomic E-state index is 12.7. The van der Waals surface area contributed by atoms with E-state index in [-0.39, 0.29) is 22.3 Å². The summed E-state index contributed by atoms with van der Waals surface area (Å²) in [6, 6.07) is 8.41. The van der Waals surface area contributed by atoms with Crippen LogP contribution in [0.2, 0.25) is 0 Å². The van der Waals surface area contributed by atoms with Gasteiger partial charge in [0, 0.05) is 11.4 Å². The molecule has 1 aromatic carbocycles. The van der Waals surface area contributed by atoms with Gasteiger partial charge in [-0.3, -0.25) is 9.59 Å². The van der Waals surface area contributed by atoms with Gasteiger partial charge in [0.1, 0.15) is 11.5 Å². The molecular formula is C20H18N2O6. The molecule has 0 saturated heterocycles. The molecule has 0 fully saturated rings. The van der Waals surface area contributed by atoms with Crippen LogP contribution in [0.4, 0.5) is 0 Å². The lowest BCUT2D eigenvalue weighted by atomic mass is 9.82. The van der Waals surface area contributed by atoms with Crippen molar-refractivity contribution in [2.24, 2.45) is 0 Å². The molecule has 3 rings (SSSR count). The first kappa shape index (κ1) is 19.0. The van der Waals surface area contributed by atoms with Crippen molar-refractivity contribution in [3.05, 3.63) is 90.7 Å². The fraction of sp³-hybridized carbons (Fsp3) is 0.150. The Morgan fingerprint density at radius 3 is 1.79 bits per heavy atom. The van der Waals surface area contributed by atoms with Crippen LogP contribution in [0, 0.1) is 13.8 Å². The molecule has 0 saturated carbocycles. The fourth-order valence-corrected chi connectivity index (χ4v) is 3.32. The van der Waals surface area contributed by atoms with E-state index in [1.165, 1.54) is 30.3 Å². The van der Waals surface area contributed by atoms with Crippen LogP contribution >= 0.6 is 0 Å². The Morgan fingerprint density at radius 2 is 1.36 bits per heavy atom. The number of carboxylic acids is 1. The van der Waals surface area contributed by atoms with Crippen LogP contribution in [0.15, 0.2) is 46.0 Å². The maximum Gasteiger partial charge on any atom is 0.335 e. The molecule has 0 aliphatic heterocycles. The number of aromatic hydroxyl groups is 2. The minimum absolute atomic E-state index is 0.0873. The number of carbonyl (C=O) groups is 1. The van der Waals surface area contributed by atoms with Crippen LogP contribution in [0.5, 0.6) is 11.5 Å². The van der Waals surface area contributed by atoms with Crippen molar-refractivity contribution in [3.63, 3.8) is 0 Å².